The van der Waals surface area contributed by atoms with E-state index in [0.29, 0.717) is 6.54 Å². The lowest BCUT2D eigenvalue weighted by atomic mass is 10.2. The summed E-state index contributed by atoms with van der Waals surface area (Å²) in [6.45, 7) is 0.648. The Labute approximate surface area is 115 Å². The van der Waals surface area contributed by atoms with Gasteiger partial charge in [0.1, 0.15) is 0 Å². The van der Waals surface area contributed by atoms with Crippen LogP contribution in [0.5, 0.6) is 0 Å². The summed E-state index contributed by atoms with van der Waals surface area (Å²) in [5.74, 6) is 0.267. The van der Waals surface area contributed by atoms with E-state index in [1.165, 1.54) is 0 Å². The maximum atomic E-state index is 6.10. The molecule has 0 saturated carbocycles. The number of nitrogen functional groups attached to an aromatic ring is 1. The van der Waals surface area contributed by atoms with Crippen molar-refractivity contribution in [1.82, 2.24) is 14.6 Å². The van der Waals surface area contributed by atoms with Crippen molar-refractivity contribution in [2.75, 3.05) is 11.1 Å². The average molecular weight is 274 g/mol. The zero-order chi connectivity index (χ0) is 13.2. The fourth-order valence-corrected chi connectivity index (χ4v) is 2.05. The van der Waals surface area contributed by atoms with Crippen molar-refractivity contribution in [3.63, 3.8) is 0 Å². The molecule has 1 aromatic carbocycles. The largest absolute Gasteiger partial charge is 0.380 e. The lowest BCUT2D eigenvalue weighted by molar-refractivity contribution is 0.964. The van der Waals surface area contributed by atoms with Crippen molar-refractivity contribution < 1.29 is 0 Å². The summed E-state index contributed by atoms with van der Waals surface area (Å²) in [5.41, 5.74) is 8.24. The van der Waals surface area contributed by atoms with Crippen LogP contribution in [0.1, 0.15) is 5.56 Å². The van der Waals surface area contributed by atoms with E-state index < -0.39 is 0 Å². The van der Waals surface area contributed by atoms with Crippen LogP contribution in [0.25, 0.3) is 5.65 Å². The van der Waals surface area contributed by atoms with Crippen LogP contribution in [0.15, 0.2) is 42.6 Å². The molecule has 0 unspecified atom stereocenters. The number of halogens is 1. The summed E-state index contributed by atoms with van der Waals surface area (Å²) in [6, 6.07) is 11.5. The van der Waals surface area contributed by atoms with Gasteiger partial charge in [-0.2, -0.15) is 4.98 Å². The highest BCUT2D eigenvalue weighted by Gasteiger charge is 2.02. The molecule has 0 bridgehead atoms. The number of hydrogen-bond donors (Lipinski definition) is 2. The molecule has 0 fully saturated rings. The van der Waals surface area contributed by atoms with Crippen LogP contribution >= 0.6 is 11.6 Å². The molecule has 2 aromatic heterocycles. The molecule has 0 amide bonds. The third-order valence-electron chi connectivity index (χ3n) is 2.79. The number of nitrogens with zero attached hydrogens (tertiary/aromatic N) is 3. The molecule has 6 heteroatoms. The van der Waals surface area contributed by atoms with Crippen LogP contribution < -0.4 is 11.1 Å². The molecule has 0 aliphatic carbocycles. The lowest BCUT2D eigenvalue weighted by Crippen LogP contribution is -2.01. The zero-order valence-electron chi connectivity index (χ0n) is 10.0. The molecule has 0 radical (unpaired) electrons. The number of benzene rings is 1. The highest BCUT2D eigenvalue weighted by molar-refractivity contribution is 6.31. The standard InChI is InChI=1S/C13H12ClN5/c14-11-4-2-1-3-9(11)7-16-10-5-6-12-17-13(15)18-19(12)8-10/h1-6,8,16H,7H2,(H2,15,18). The Morgan fingerprint density at radius 3 is 2.89 bits per heavy atom. The van der Waals surface area contributed by atoms with Crippen molar-refractivity contribution in [1.29, 1.82) is 0 Å². The number of nitrogens with two attached hydrogens (primary N) is 1. The molecule has 2 heterocycles. The van der Waals surface area contributed by atoms with E-state index in [-0.39, 0.29) is 5.95 Å². The number of hydrogen-bond acceptors (Lipinski definition) is 4. The van der Waals surface area contributed by atoms with Gasteiger partial charge in [0, 0.05) is 11.6 Å². The average Bonchev–Trinajstić information content (AvgIpc) is 2.77. The van der Waals surface area contributed by atoms with Gasteiger partial charge in [0.15, 0.2) is 5.65 Å². The minimum atomic E-state index is 0.267. The van der Waals surface area contributed by atoms with Gasteiger partial charge < -0.3 is 11.1 Å². The third kappa shape index (κ3) is 2.46. The topological polar surface area (TPSA) is 68.2 Å². The summed E-state index contributed by atoms with van der Waals surface area (Å²) in [4.78, 5) is 4.07. The normalized spacial score (nSPS) is 10.8. The Bertz CT molecular complexity index is 722. The first-order chi connectivity index (χ1) is 9.22. The Kier molecular flexibility index (Phi) is 2.97. The quantitative estimate of drug-likeness (QED) is 0.770. The van der Waals surface area contributed by atoms with Crippen molar-refractivity contribution in [2.45, 2.75) is 6.54 Å². The van der Waals surface area contributed by atoms with Gasteiger partial charge in [-0.15, -0.1) is 5.10 Å². The van der Waals surface area contributed by atoms with Crippen LogP contribution in [0, 0.1) is 0 Å². The molecule has 3 aromatic rings. The number of pyridine rings is 1. The summed E-state index contributed by atoms with van der Waals surface area (Å²) >= 11 is 6.10. The van der Waals surface area contributed by atoms with Gasteiger partial charge in [-0.05, 0) is 23.8 Å². The molecule has 0 atom stereocenters. The first-order valence-corrected chi connectivity index (χ1v) is 6.19. The predicted molar refractivity (Wildman–Crippen MR) is 76.2 cm³/mol. The van der Waals surface area contributed by atoms with Crippen LogP contribution in [0.3, 0.4) is 0 Å². The van der Waals surface area contributed by atoms with Crippen LogP contribution in [0.2, 0.25) is 5.02 Å². The molecule has 0 aliphatic rings. The first-order valence-electron chi connectivity index (χ1n) is 5.81. The molecule has 3 N–H and O–H groups in total. The monoisotopic (exact) mass is 273 g/mol. The van der Waals surface area contributed by atoms with Crippen molar-refractivity contribution >= 4 is 28.9 Å². The summed E-state index contributed by atoms with van der Waals surface area (Å²) in [7, 11) is 0. The molecular formula is C13H12ClN5. The smallest absolute Gasteiger partial charge is 0.240 e. The number of aromatic nitrogens is 3. The minimum absolute atomic E-state index is 0.267. The van der Waals surface area contributed by atoms with Crippen LogP contribution in [0.4, 0.5) is 11.6 Å². The second kappa shape index (κ2) is 4.78. The molecule has 19 heavy (non-hydrogen) atoms. The number of fused-ring (bicyclic) bond motifs is 1. The molecule has 0 saturated heterocycles. The maximum Gasteiger partial charge on any atom is 0.240 e. The van der Waals surface area contributed by atoms with Gasteiger partial charge >= 0.3 is 0 Å². The first kappa shape index (κ1) is 11.8. The molecule has 5 nitrogen and oxygen atoms in total. The van der Waals surface area contributed by atoms with Crippen LogP contribution in [-0.4, -0.2) is 14.6 Å². The van der Waals surface area contributed by atoms with E-state index in [9.17, 15) is 0 Å². The van der Waals surface area contributed by atoms with Gasteiger partial charge in [-0.1, -0.05) is 29.8 Å². The van der Waals surface area contributed by atoms with Gasteiger partial charge in [0.25, 0.3) is 0 Å². The Morgan fingerprint density at radius 2 is 2.05 bits per heavy atom. The summed E-state index contributed by atoms with van der Waals surface area (Å²) in [6.07, 6.45) is 1.84. The van der Waals surface area contributed by atoms with E-state index >= 15 is 0 Å². The Balaban J connectivity index is 1.80. The molecular weight excluding hydrogens is 262 g/mol. The van der Waals surface area contributed by atoms with Gasteiger partial charge in [-0.25, -0.2) is 4.52 Å². The van der Waals surface area contributed by atoms with Gasteiger partial charge in [0.05, 0.1) is 11.9 Å². The predicted octanol–water partition coefficient (Wildman–Crippen LogP) is 2.58. The number of anilines is 2. The third-order valence-corrected chi connectivity index (χ3v) is 3.16. The van der Waals surface area contributed by atoms with E-state index in [1.54, 1.807) is 4.52 Å². The van der Waals surface area contributed by atoms with Crippen molar-refractivity contribution in [3.8, 4) is 0 Å². The highest BCUT2D eigenvalue weighted by Crippen LogP contribution is 2.17. The summed E-state index contributed by atoms with van der Waals surface area (Å²) < 4.78 is 1.64. The lowest BCUT2D eigenvalue weighted by Gasteiger charge is -2.07. The number of rotatable bonds is 3. The Morgan fingerprint density at radius 1 is 1.21 bits per heavy atom. The van der Waals surface area contributed by atoms with Crippen molar-refractivity contribution in [3.05, 3.63) is 53.2 Å². The van der Waals surface area contributed by atoms with Crippen molar-refractivity contribution in [2.24, 2.45) is 0 Å². The fourth-order valence-electron chi connectivity index (χ4n) is 1.84. The summed E-state index contributed by atoms with van der Waals surface area (Å²) in [5, 5.41) is 8.10. The fraction of sp³-hybridized carbons (Fsp3) is 0.0769. The maximum absolute atomic E-state index is 6.10. The second-order valence-electron chi connectivity index (χ2n) is 4.14. The minimum Gasteiger partial charge on any atom is -0.380 e. The van der Waals surface area contributed by atoms with Crippen LogP contribution in [-0.2, 0) is 6.54 Å². The SMILES string of the molecule is Nc1nc2ccc(NCc3ccccc3Cl)cn2n1. The van der Waals surface area contributed by atoms with Gasteiger partial charge in [-0.3, -0.25) is 0 Å². The highest BCUT2D eigenvalue weighted by atomic mass is 35.5. The second-order valence-corrected chi connectivity index (χ2v) is 4.54. The van der Waals surface area contributed by atoms with E-state index in [0.717, 1.165) is 21.9 Å². The van der Waals surface area contributed by atoms with E-state index in [2.05, 4.69) is 15.4 Å². The molecule has 0 aliphatic heterocycles. The zero-order valence-corrected chi connectivity index (χ0v) is 10.8. The molecule has 0 spiro atoms. The van der Waals surface area contributed by atoms with Gasteiger partial charge in [0.2, 0.25) is 5.95 Å². The van der Waals surface area contributed by atoms with E-state index in [4.69, 9.17) is 17.3 Å². The van der Waals surface area contributed by atoms with E-state index in [1.807, 2.05) is 42.6 Å². The Hall–Kier alpha value is -2.27. The molecule has 3 rings (SSSR count). The molecule has 96 valence electrons. The number of nitrogens with one attached hydrogen (secondary N) is 1.